The van der Waals surface area contributed by atoms with Crippen molar-refractivity contribution in [1.29, 1.82) is 0 Å². The van der Waals surface area contributed by atoms with Crippen molar-refractivity contribution >= 4 is 34.2 Å². The third kappa shape index (κ3) is 4.35. The average molecular weight is 433 g/mol. The molecule has 0 aliphatic heterocycles. The van der Waals surface area contributed by atoms with Gasteiger partial charge in [-0.05, 0) is 59.0 Å². The summed E-state index contributed by atoms with van der Waals surface area (Å²) in [5.41, 5.74) is 1.27. The van der Waals surface area contributed by atoms with Gasteiger partial charge in [-0.25, -0.2) is 4.98 Å². The van der Waals surface area contributed by atoms with Gasteiger partial charge in [0.1, 0.15) is 12.4 Å². The van der Waals surface area contributed by atoms with Crippen molar-refractivity contribution in [3.63, 3.8) is 0 Å². The Morgan fingerprint density at radius 2 is 1.96 bits per heavy atom. The van der Waals surface area contributed by atoms with Gasteiger partial charge in [0.2, 0.25) is 0 Å². The van der Waals surface area contributed by atoms with E-state index in [9.17, 15) is 4.79 Å². The highest BCUT2D eigenvalue weighted by Crippen LogP contribution is 2.24. The third-order valence-corrected chi connectivity index (χ3v) is 4.13. The Morgan fingerprint density at radius 1 is 1.17 bits per heavy atom. The minimum atomic E-state index is -0.156. The van der Waals surface area contributed by atoms with E-state index in [0.717, 1.165) is 3.57 Å². The van der Waals surface area contributed by atoms with Crippen molar-refractivity contribution in [1.82, 2.24) is 9.55 Å². The van der Waals surface area contributed by atoms with Crippen LogP contribution < -0.4 is 10.1 Å². The van der Waals surface area contributed by atoms with Crippen molar-refractivity contribution in [3.8, 4) is 5.75 Å². The monoisotopic (exact) mass is 433 g/mol. The molecule has 3 rings (SSSR count). The van der Waals surface area contributed by atoms with Crippen LogP contribution in [-0.4, -0.2) is 22.1 Å². The van der Waals surface area contributed by atoms with Crippen LogP contribution in [0.25, 0.3) is 0 Å². The summed E-state index contributed by atoms with van der Waals surface area (Å²) in [5, 5.41) is 2.90. The largest absolute Gasteiger partial charge is 0.490 e. The van der Waals surface area contributed by atoms with Crippen LogP contribution in [0.2, 0.25) is 0 Å². The molecule has 0 unspecified atom stereocenters. The van der Waals surface area contributed by atoms with E-state index in [-0.39, 0.29) is 5.91 Å². The molecule has 0 radical (unpaired) electrons. The van der Waals surface area contributed by atoms with Crippen LogP contribution in [0.3, 0.4) is 0 Å². The molecule has 0 spiro atoms. The van der Waals surface area contributed by atoms with E-state index in [4.69, 9.17) is 4.74 Å². The molecule has 2 aromatic carbocycles. The number of benzene rings is 2. The van der Waals surface area contributed by atoms with Gasteiger partial charge in [-0.1, -0.05) is 12.1 Å². The highest BCUT2D eigenvalue weighted by atomic mass is 127. The maximum absolute atomic E-state index is 12.4. The SMILES string of the molecule is O=C(Nc1ccccc1OCCn1ccnc1)c1ccc(I)cc1. The summed E-state index contributed by atoms with van der Waals surface area (Å²) in [6.45, 7) is 1.19. The van der Waals surface area contributed by atoms with Crippen LogP contribution in [0.1, 0.15) is 10.4 Å². The quantitative estimate of drug-likeness (QED) is 0.602. The Balaban J connectivity index is 1.65. The molecule has 3 aromatic rings. The fourth-order valence-corrected chi connectivity index (χ4v) is 2.53. The molecule has 0 atom stereocenters. The van der Waals surface area contributed by atoms with Crippen LogP contribution in [0, 0.1) is 3.57 Å². The second kappa shape index (κ2) is 7.96. The molecule has 0 saturated carbocycles. The number of halogens is 1. The highest BCUT2D eigenvalue weighted by molar-refractivity contribution is 14.1. The molecule has 1 N–H and O–H groups in total. The van der Waals surface area contributed by atoms with Gasteiger partial charge in [0.15, 0.2) is 0 Å². The summed E-state index contributed by atoms with van der Waals surface area (Å²) in [4.78, 5) is 16.4. The molecule has 1 aromatic heterocycles. The molecule has 0 bridgehead atoms. The highest BCUT2D eigenvalue weighted by Gasteiger charge is 2.09. The van der Waals surface area contributed by atoms with Crippen molar-refractivity contribution in [2.45, 2.75) is 6.54 Å². The zero-order valence-electron chi connectivity index (χ0n) is 12.9. The number of para-hydroxylation sites is 2. The van der Waals surface area contributed by atoms with Gasteiger partial charge in [-0.2, -0.15) is 0 Å². The zero-order valence-corrected chi connectivity index (χ0v) is 15.0. The van der Waals surface area contributed by atoms with Gasteiger partial charge >= 0.3 is 0 Å². The van der Waals surface area contributed by atoms with Gasteiger partial charge in [0.05, 0.1) is 18.6 Å². The first kappa shape index (κ1) is 16.5. The zero-order chi connectivity index (χ0) is 16.8. The molecule has 5 nitrogen and oxygen atoms in total. The maximum atomic E-state index is 12.4. The Kier molecular flexibility index (Phi) is 5.47. The molecule has 1 amide bonds. The van der Waals surface area contributed by atoms with E-state index >= 15 is 0 Å². The number of aromatic nitrogens is 2. The second-order valence-electron chi connectivity index (χ2n) is 5.11. The van der Waals surface area contributed by atoms with E-state index in [1.54, 1.807) is 24.7 Å². The van der Waals surface area contributed by atoms with Gasteiger partial charge in [-0.3, -0.25) is 4.79 Å². The predicted molar refractivity (Wildman–Crippen MR) is 101 cm³/mol. The first-order valence-corrected chi connectivity index (χ1v) is 8.55. The molecule has 6 heteroatoms. The lowest BCUT2D eigenvalue weighted by Gasteiger charge is -2.12. The molecular weight excluding hydrogens is 417 g/mol. The molecule has 24 heavy (non-hydrogen) atoms. The van der Waals surface area contributed by atoms with Crippen LogP contribution in [0.5, 0.6) is 5.75 Å². The summed E-state index contributed by atoms with van der Waals surface area (Å²) in [5.74, 6) is 0.494. The number of carbonyl (C=O) groups is 1. The fraction of sp³-hybridized carbons (Fsp3) is 0.111. The number of nitrogens with zero attached hydrogens (tertiary/aromatic N) is 2. The topological polar surface area (TPSA) is 56.1 Å². The lowest BCUT2D eigenvalue weighted by molar-refractivity contribution is 0.102. The number of hydrogen-bond acceptors (Lipinski definition) is 3. The first-order chi connectivity index (χ1) is 11.7. The number of rotatable bonds is 6. The minimum Gasteiger partial charge on any atom is -0.490 e. The Labute approximate surface area is 153 Å². The van der Waals surface area contributed by atoms with Crippen molar-refractivity contribution in [3.05, 3.63) is 76.4 Å². The van der Waals surface area contributed by atoms with Gasteiger partial charge < -0.3 is 14.6 Å². The van der Waals surface area contributed by atoms with Gasteiger partial charge in [0, 0.05) is 21.5 Å². The molecule has 0 fully saturated rings. The number of hydrogen-bond donors (Lipinski definition) is 1. The lowest BCUT2D eigenvalue weighted by Crippen LogP contribution is -2.14. The van der Waals surface area contributed by atoms with E-state index in [1.165, 1.54) is 0 Å². The summed E-state index contributed by atoms with van der Waals surface area (Å²) >= 11 is 2.21. The fourth-order valence-electron chi connectivity index (χ4n) is 2.17. The van der Waals surface area contributed by atoms with E-state index in [2.05, 4.69) is 32.9 Å². The summed E-state index contributed by atoms with van der Waals surface area (Å²) in [6, 6.07) is 14.8. The van der Waals surface area contributed by atoms with E-state index < -0.39 is 0 Å². The van der Waals surface area contributed by atoms with Crippen LogP contribution in [-0.2, 0) is 6.54 Å². The molecule has 0 aliphatic rings. The van der Waals surface area contributed by atoms with Crippen LogP contribution in [0.15, 0.2) is 67.3 Å². The van der Waals surface area contributed by atoms with Crippen molar-refractivity contribution in [2.75, 3.05) is 11.9 Å². The number of ether oxygens (including phenoxy) is 1. The van der Waals surface area contributed by atoms with E-state index in [0.29, 0.717) is 30.2 Å². The maximum Gasteiger partial charge on any atom is 0.255 e. The third-order valence-electron chi connectivity index (χ3n) is 3.41. The first-order valence-electron chi connectivity index (χ1n) is 7.47. The van der Waals surface area contributed by atoms with Crippen molar-refractivity contribution < 1.29 is 9.53 Å². The summed E-state index contributed by atoms with van der Waals surface area (Å²) in [6.07, 6.45) is 5.36. The number of amides is 1. The smallest absolute Gasteiger partial charge is 0.255 e. The molecule has 0 aliphatic carbocycles. The molecule has 0 saturated heterocycles. The lowest BCUT2D eigenvalue weighted by atomic mass is 10.2. The summed E-state index contributed by atoms with van der Waals surface area (Å²) < 4.78 is 8.83. The number of carbonyl (C=O) groups excluding carboxylic acids is 1. The summed E-state index contributed by atoms with van der Waals surface area (Å²) in [7, 11) is 0. The molecule has 1 heterocycles. The van der Waals surface area contributed by atoms with E-state index in [1.807, 2.05) is 47.2 Å². The average Bonchev–Trinajstić information content (AvgIpc) is 3.10. The van der Waals surface area contributed by atoms with Crippen molar-refractivity contribution in [2.24, 2.45) is 0 Å². The van der Waals surface area contributed by atoms with Gasteiger partial charge in [-0.15, -0.1) is 0 Å². The Bertz CT molecular complexity index is 801. The Morgan fingerprint density at radius 3 is 2.71 bits per heavy atom. The molecule has 122 valence electrons. The molecular formula is C18H16IN3O2. The predicted octanol–water partition coefficient (Wildman–Crippen LogP) is 3.82. The Hall–Kier alpha value is -2.35. The number of anilines is 1. The van der Waals surface area contributed by atoms with Crippen LogP contribution in [0.4, 0.5) is 5.69 Å². The second-order valence-corrected chi connectivity index (χ2v) is 6.35. The number of nitrogens with one attached hydrogen (secondary N) is 1. The van der Waals surface area contributed by atoms with Crippen LogP contribution >= 0.6 is 22.6 Å². The normalized spacial score (nSPS) is 10.4. The van der Waals surface area contributed by atoms with Gasteiger partial charge in [0.25, 0.3) is 5.91 Å². The minimum absolute atomic E-state index is 0.156. The standard InChI is InChI=1S/C18H16IN3O2/c19-15-7-5-14(6-8-15)18(23)21-16-3-1-2-4-17(16)24-12-11-22-10-9-20-13-22/h1-10,13H,11-12H2,(H,21,23). The number of imidazole rings is 1.